The number of hydrogen-bond donors (Lipinski definition) is 1. The summed E-state index contributed by atoms with van der Waals surface area (Å²) in [4.78, 5) is 26.6. The van der Waals surface area contributed by atoms with Crippen LogP contribution in [0.2, 0.25) is 0 Å². The van der Waals surface area contributed by atoms with E-state index in [1.807, 2.05) is 66.7 Å². The molecular weight excluding hydrogens is 698 g/mol. The molecule has 0 spiro atoms. The fourth-order valence-electron chi connectivity index (χ4n) is 5.93. The molecule has 296 valence electrons. The van der Waals surface area contributed by atoms with Crippen LogP contribution in [-0.4, -0.2) is 101 Å². The number of para-hydroxylation sites is 1. The number of nitrogens with zero attached hydrogens (tertiary/aromatic N) is 1. The lowest BCUT2D eigenvalue weighted by atomic mass is 9.84. The van der Waals surface area contributed by atoms with Crippen molar-refractivity contribution in [2.24, 2.45) is 5.92 Å². The lowest BCUT2D eigenvalue weighted by Crippen LogP contribution is -2.54. The minimum Gasteiger partial charge on any atom is -0.496 e. The third kappa shape index (κ3) is 12.8. The highest BCUT2D eigenvalue weighted by atomic mass is 16.7. The van der Waals surface area contributed by atoms with E-state index < -0.39 is 36.5 Å². The van der Waals surface area contributed by atoms with Crippen molar-refractivity contribution in [3.05, 3.63) is 83.4 Å². The Morgan fingerprint density at radius 2 is 1.50 bits per heavy atom. The second kappa shape index (κ2) is 22.0. The van der Waals surface area contributed by atoms with Gasteiger partial charge in [-0.1, -0.05) is 50.2 Å². The van der Waals surface area contributed by atoms with Crippen LogP contribution in [0.25, 0.3) is 0 Å². The molecule has 3 aromatic carbocycles. The topological polar surface area (TPSA) is 141 Å². The van der Waals surface area contributed by atoms with Gasteiger partial charge in [0.15, 0.2) is 11.5 Å². The van der Waals surface area contributed by atoms with Gasteiger partial charge in [-0.2, -0.15) is 0 Å². The first-order valence-corrected chi connectivity index (χ1v) is 18.3. The molecule has 4 atom stereocenters. The van der Waals surface area contributed by atoms with Crippen LogP contribution in [0.5, 0.6) is 23.0 Å². The molecule has 1 unspecified atom stereocenters. The van der Waals surface area contributed by atoms with Crippen LogP contribution >= 0.6 is 0 Å². The van der Waals surface area contributed by atoms with Gasteiger partial charge in [-0.3, -0.25) is 4.79 Å². The molecule has 1 N–H and O–H groups in total. The highest BCUT2D eigenvalue weighted by Gasteiger charge is 2.40. The number of ether oxygens (including phenoxy) is 9. The van der Waals surface area contributed by atoms with Crippen LogP contribution in [0.4, 0.5) is 4.79 Å². The molecule has 0 saturated carbocycles. The minimum atomic E-state index is -1.10. The molecule has 3 aromatic rings. The highest BCUT2D eigenvalue weighted by Crippen LogP contribution is 2.34. The summed E-state index contributed by atoms with van der Waals surface area (Å²) < 4.78 is 50.9. The summed E-state index contributed by atoms with van der Waals surface area (Å²) in [5.74, 6) is 1.29. The molecule has 0 bridgehead atoms. The monoisotopic (exact) mass is 753 g/mol. The molecule has 1 aliphatic rings. The van der Waals surface area contributed by atoms with Crippen molar-refractivity contribution in [3.8, 4) is 23.0 Å². The largest absolute Gasteiger partial charge is 0.496 e. The zero-order chi connectivity index (χ0) is 38.9. The summed E-state index contributed by atoms with van der Waals surface area (Å²) in [6.07, 6.45) is -2.04. The minimum absolute atomic E-state index is 0.0106. The zero-order valence-corrected chi connectivity index (χ0v) is 32.2. The van der Waals surface area contributed by atoms with E-state index in [1.165, 1.54) is 11.8 Å². The normalized spacial score (nSPS) is 17.5. The number of piperidine rings is 1. The molecule has 1 heterocycles. The molecule has 4 rings (SSSR count). The van der Waals surface area contributed by atoms with Crippen LogP contribution in [0.15, 0.2) is 66.7 Å². The van der Waals surface area contributed by atoms with Crippen molar-refractivity contribution in [1.82, 2.24) is 4.90 Å². The van der Waals surface area contributed by atoms with E-state index in [0.717, 1.165) is 22.4 Å². The van der Waals surface area contributed by atoms with E-state index in [0.29, 0.717) is 63.1 Å². The number of aliphatic hydroxyl groups is 1. The van der Waals surface area contributed by atoms with Gasteiger partial charge in [0, 0.05) is 45.0 Å². The molecule has 0 radical (unpaired) electrons. The Hall–Kier alpha value is -4.56. The van der Waals surface area contributed by atoms with Crippen molar-refractivity contribution in [2.45, 2.75) is 71.2 Å². The molecule has 54 heavy (non-hydrogen) atoms. The molecule has 13 heteroatoms. The van der Waals surface area contributed by atoms with E-state index in [4.69, 9.17) is 42.6 Å². The molecule has 1 aliphatic heterocycles. The second-order valence-corrected chi connectivity index (χ2v) is 13.2. The van der Waals surface area contributed by atoms with Gasteiger partial charge < -0.3 is 52.6 Å². The van der Waals surface area contributed by atoms with Gasteiger partial charge in [-0.05, 0) is 41.5 Å². The Labute approximate surface area is 318 Å². The van der Waals surface area contributed by atoms with E-state index in [-0.39, 0.29) is 25.6 Å². The summed E-state index contributed by atoms with van der Waals surface area (Å²) in [6.45, 7) is 7.60. The van der Waals surface area contributed by atoms with Crippen molar-refractivity contribution in [2.75, 3.05) is 60.8 Å². The smallest absolute Gasteiger partial charge is 0.413 e. The molecule has 1 amide bonds. The van der Waals surface area contributed by atoms with Crippen molar-refractivity contribution >= 4 is 12.1 Å². The number of benzene rings is 3. The fraction of sp³-hybridized carbons (Fsp3) is 0.512. The van der Waals surface area contributed by atoms with Crippen molar-refractivity contribution in [1.29, 1.82) is 0 Å². The molecule has 1 saturated heterocycles. The average molecular weight is 754 g/mol. The first-order chi connectivity index (χ1) is 26.1. The maximum absolute atomic E-state index is 13.2. The molecule has 0 aliphatic carbocycles. The number of carbonyl (C=O) groups is 2. The summed E-state index contributed by atoms with van der Waals surface area (Å²) in [6, 6.07) is 20.8. The number of hydrogen-bond acceptors (Lipinski definition) is 12. The number of amides is 1. The number of β-amino-alcohol motifs (C(OH)–C–C–N with tert-alkyl or cyclic N) is 1. The number of esters is 1. The van der Waals surface area contributed by atoms with Crippen LogP contribution in [0.3, 0.4) is 0 Å². The van der Waals surface area contributed by atoms with Crippen molar-refractivity contribution < 1.29 is 57.3 Å². The predicted molar refractivity (Wildman–Crippen MR) is 200 cm³/mol. The third-order valence-electron chi connectivity index (χ3n) is 8.76. The van der Waals surface area contributed by atoms with E-state index >= 15 is 0 Å². The van der Waals surface area contributed by atoms with Gasteiger partial charge in [0.2, 0.25) is 6.29 Å². The summed E-state index contributed by atoms with van der Waals surface area (Å²) in [5.41, 5.74) is 2.63. The summed E-state index contributed by atoms with van der Waals surface area (Å²) in [5, 5.41) is 11.5. The van der Waals surface area contributed by atoms with E-state index in [2.05, 4.69) is 0 Å². The van der Waals surface area contributed by atoms with E-state index in [1.54, 1.807) is 35.2 Å². The Morgan fingerprint density at radius 3 is 2.22 bits per heavy atom. The van der Waals surface area contributed by atoms with E-state index in [9.17, 15) is 14.7 Å². The van der Waals surface area contributed by atoms with Gasteiger partial charge in [0.1, 0.15) is 11.5 Å². The van der Waals surface area contributed by atoms with Crippen molar-refractivity contribution in [3.63, 3.8) is 0 Å². The number of rotatable bonds is 21. The third-order valence-corrected chi connectivity index (χ3v) is 8.76. The standard InChI is InChI=1S/C41H55NO12/c1-28(2)40(44)53-29(3)54-41(45)42-24-34(43)39(38(25-42)52-26-30-13-18-36(48-6)37(23-30)51-22-9-19-46-4)31-14-16-33(17-15-31)50-21-10-20-49-27-32-11-7-8-12-35(32)47-5/h7-8,11-18,23,28-29,34,38-39,43H,9-10,19-22,24-27H2,1-6H3/t29?,34-,38+,39+/m1/s1. The Kier molecular flexibility index (Phi) is 17.2. The lowest BCUT2D eigenvalue weighted by Gasteiger charge is -2.41. The lowest BCUT2D eigenvalue weighted by molar-refractivity contribution is -0.171. The average Bonchev–Trinajstić information content (AvgIpc) is 3.17. The van der Waals surface area contributed by atoms with Gasteiger partial charge >= 0.3 is 12.1 Å². The Bertz CT molecular complexity index is 1580. The quantitative estimate of drug-likeness (QED) is 0.0760. The number of aliphatic hydroxyl groups excluding tert-OH is 1. The van der Waals surface area contributed by atoms with Gasteiger partial charge in [-0.25, -0.2) is 4.79 Å². The molecule has 13 nitrogen and oxygen atoms in total. The molecular formula is C41H55NO12. The molecule has 1 fully saturated rings. The number of methoxy groups -OCH3 is 3. The fourth-order valence-corrected chi connectivity index (χ4v) is 5.93. The zero-order valence-electron chi connectivity index (χ0n) is 32.2. The second-order valence-electron chi connectivity index (χ2n) is 13.2. The SMILES string of the molecule is COCCCOc1cc(CO[C@H]2CN(C(=O)OC(C)OC(=O)C(C)C)C[C@@H](O)[C@@H]2c2ccc(OCCCOCc3ccccc3OC)cc2)ccc1OC. The van der Waals surface area contributed by atoms with Gasteiger partial charge in [0.05, 0.1) is 78.5 Å². The van der Waals surface area contributed by atoms with Crippen LogP contribution in [0, 0.1) is 5.92 Å². The van der Waals surface area contributed by atoms with Crippen LogP contribution in [0.1, 0.15) is 56.2 Å². The van der Waals surface area contributed by atoms with Crippen LogP contribution in [-0.2, 0) is 41.7 Å². The first-order valence-electron chi connectivity index (χ1n) is 18.3. The maximum Gasteiger partial charge on any atom is 0.413 e. The van der Waals surface area contributed by atoms with Gasteiger partial charge in [0.25, 0.3) is 0 Å². The predicted octanol–water partition coefficient (Wildman–Crippen LogP) is 6.13. The first kappa shape index (κ1) is 42.2. The number of carbonyl (C=O) groups excluding carboxylic acids is 2. The highest BCUT2D eigenvalue weighted by molar-refractivity contribution is 5.72. The molecule has 0 aromatic heterocycles. The summed E-state index contributed by atoms with van der Waals surface area (Å²) >= 11 is 0. The summed E-state index contributed by atoms with van der Waals surface area (Å²) in [7, 11) is 4.86. The van der Waals surface area contributed by atoms with Gasteiger partial charge in [-0.15, -0.1) is 0 Å². The maximum atomic E-state index is 13.2. The Morgan fingerprint density at radius 1 is 0.778 bits per heavy atom. The van der Waals surface area contributed by atoms with Crippen LogP contribution < -0.4 is 18.9 Å². The Balaban J connectivity index is 1.41. The number of likely N-dealkylation sites (tertiary alicyclic amines) is 1.